The van der Waals surface area contributed by atoms with Crippen molar-refractivity contribution in [1.82, 2.24) is 25.2 Å². The van der Waals surface area contributed by atoms with Crippen molar-refractivity contribution >= 4 is 41.0 Å². The number of benzene rings is 1. The van der Waals surface area contributed by atoms with Gasteiger partial charge in [0.15, 0.2) is 5.82 Å². The molecule has 12 nitrogen and oxygen atoms in total. The first-order valence-corrected chi connectivity index (χ1v) is 12.1. The summed E-state index contributed by atoms with van der Waals surface area (Å²) in [5.41, 5.74) is 1.08. The normalized spacial score (nSPS) is 17.2. The van der Waals surface area contributed by atoms with E-state index < -0.39 is 29.7 Å². The minimum absolute atomic E-state index is 0.0643. The molecule has 1 aromatic heterocycles. The lowest BCUT2D eigenvalue weighted by atomic mass is 10.0. The summed E-state index contributed by atoms with van der Waals surface area (Å²) in [6.07, 6.45) is 6.62. The second kappa shape index (κ2) is 11.1. The molecule has 4 rings (SSSR count). The van der Waals surface area contributed by atoms with E-state index in [1.165, 1.54) is 10.9 Å². The number of rotatable bonds is 11. The van der Waals surface area contributed by atoms with Crippen LogP contribution in [0.4, 0.5) is 11.5 Å². The Morgan fingerprint density at radius 2 is 1.86 bits per heavy atom. The number of amides is 5. The summed E-state index contributed by atoms with van der Waals surface area (Å²) >= 11 is 0. The molecular weight excluding hydrogens is 466 g/mol. The number of hydrogen-bond donors (Lipinski definition) is 3. The van der Waals surface area contributed by atoms with Crippen LogP contribution in [0.3, 0.4) is 0 Å². The lowest BCUT2D eigenvalue weighted by Crippen LogP contribution is -2.54. The summed E-state index contributed by atoms with van der Waals surface area (Å²) in [5, 5.41) is 15.7. The number of hydrogen-bond acceptors (Lipinski definition) is 8. The number of aromatic nitrogens is 3. The van der Waals surface area contributed by atoms with E-state index >= 15 is 0 Å². The average molecular weight is 496 g/mol. The standard InChI is InChI=1S/C24H29N7O5/c1-30-18(14-26-29-30)27-19(32)10-5-3-2-4-6-13-25-16-9-7-8-15-21(16)24(36)31(23(15)35)17-11-12-20(33)28-22(17)34/h7-9,14,17,25H,2-6,10-13H2,1H3,(H,27,32)(H,28,33,34). The number of nitrogens with zero attached hydrogens (tertiary/aromatic N) is 4. The third kappa shape index (κ3) is 5.42. The van der Waals surface area contributed by atoms with Crippen molar-refractivity contribution < 1.29 is 24.0 Å². The molecule has 1 aromatic carbocycles. The van der Waals surface area contributed by atoms with Crippen LogP contribution in [0.15, 0.2) is 24.4 Å². The van der Waals surface area contributed by atoms with Crippen LogP contribution in [0, 0.1) is 0 Å². The summed E-state index contributed by atoms with van der Waals surface area (Å²) in [5.74, 6) is -1.56. The molecule has 0 radical (unpaired) electrons. The molecule has 2 aromatic rings. The molecule has 12 heteroatoms. The fourth-order valence-electron chi connectivity index (χ4n) is 4.43. The van der Waals surface area contributed by atoms with Gasteiger partial charge in [0.2, 0.25) is 17.7 Å². The molecular formula is C24H29N7O5. The molecule has 0 bridgehead atoms. The highest BCUT2D eigenvalue weighted by molar-refractivity contribution is 6.25. The highest BCUT2D eigenvalue weighted by Gasteiger charge is 2.45. The zero-order valence-electron chi connectivity index (χ0n) is 20.1. The van der Waals surface area contributed by atoms with Crippen LogP contribution < -0.4 is 16.0 Å². The second-order valence-corrected chi connectivity index (χ2v) is 8.91. The second-order valence-electron chi connectivity index (χ2n) is 8.91. The van der Waals surface area contributed by atoms with Gasteiger partial charge in [-0.05, 0) is 31.4 Å². The number of piperidine rings is 1. The Morgan fingerprint density at radius 3 is 2.61 bits per heavy atom. The molecule has 3 heterocycles. The van der Waals surface area contributed by atoms with Crippen LogP contribution in [0.25, 0.3) is 0 Å². The Kier molecular flexibility index (Phi) is 7.71. The van der Waals surface area contributed by atoms with E-state index in [-0.39, 0.29) is 29.9 Å². The number of fused-ring (bicyclic) bond motifs is 1. The van der Waals surface area contributed by atoms with Crippen molar-refractivity contribution in [3.05, 3.63) is 35.5 Å². The topological polar surface area (TPSA) is 155 Å². The van der Waals surface area contributed by atoms with Gasteiger partial charge in [-0.1, -0.05) is 30.5 Å². The van der Waals surface area contributed by atoms with Crippen LogP contribution in [-0.4, -0.2) is 62.0 Å². The summed E-state index contributed by atoms with van der Waals surface area (Å²) < 4.78 is 1.50. The molecule has 0 saturated carbocycles. The van der Waals surface area contributed by atoms with Gasteiger partial charge in [-0.25, -0.2) is 4.68 Å². The maximum absolute atomic E-state index is 13.1. The third-order valence-corrected chi connectivity index (χ3v) is 6.35. The number of carbonyl (C=O) groups excluding carboxylic acids is 5. The highest BCUT2D eigenvalue weighted by Crippen LogP contribution is 2.32. The molecule has 0 spiro atoms. The maximum Gasteiger partial charge on any atom is 0.264 e. The summed E-state index contributed by atoms with van der Waals surface area (Å²) in [7, 11) is 1.71. The predicted octanol–water partition coefficient (Wildman–Crippen LogP) is 1.61. The van der Waals surface area contributed by atoms with Crippen LogP contribution in [-0.2, 0) is 21.4 Å². The molecule has 2 aliphatic rings. The first kappa shape index (κ1) is 25.0. The summed E-state index contributed by atoms with van der Waals surface area (Å²) in [6, 6.07) is 4.04. The molecule has 1 fully saturated rings. The molecule has 2 aliphatic heterocycles. The number of imide groups is 2. The Balaban J connectivity index is 1.20. The molecule has 190 valence electrons. The molecule has 36 heavy (non-hydrogen) atoms. The van der Waals surface area contributed by atoms with Crippen molar-refractivity contribution in [3.8, 4) is 0 Å². The van der Waals surface area contributed by atoms with E-state index in [0.717, 1.165) is 37.0 Å². The van der Waals surface area contributed by atoms with Gasteiger partial charge in [-0.3, -0.25) is 34.2 Å². The smallest absolute Gasteiger partial charge is 0.264 e. The van der Waals surface area contributed by atoms with Crippen LogP contribution in [0.2, 0.25) is 0 Å². The van der Waals surface area contributed by atoms with Crippen LogP contribution in [0.5, 0.6) is 0 Å². The van der Waals surface area contributed by atoms with E-state index in [2.05, 4.69) is 26.3 Å². The quantitative estimate of drug-likeness (QED) is 0.314. The number of nitrogens with one attached hydrogen (secondary N) is 3. The van der Waals surface area contributed by atoms with Gasteiger partial charge in [0, 0.05) is 32.1 Å². The van der Waals surface area contributed by atoms with Crippen LogP contribution in [0.1, 0.15) is 72.1 Å². The van der Waals surface area contributed by atoms with Gasteiger partial charge in [0.1, 0.15) is 6.04 Å². The SMILES string of the molecule is Cn1nncc1NC(=O)CCCCCCCNc1cccc2c1C(=O)N(C1CCC(=O)NC1=O)C2=O. The number of carbonyl (C=O) groups is 5. The lowest BCUT2D eigenvalue weighted by molar-refractivity contribution is -0.136. The first-order valence-electron chi connectivity index (χ1n) is 12.1. The number of unbranched alkanes of at least 4 members (excludes halogenated alkanes) is 4. The van der Waals surface area contributed by atoms with Gasteiger partial charge in [0.25, 0.3) is 11.8 Å². The number of aryl methyl sites for hydroxylation is 1. The van der Waals surface area contributed by atoms with Crippen molar-refractivity contribution in [2.24, 2.45) is 7.05 Å². The van der Waals surface area contributed by atoms with E-state index in [4.69, 9.17) is 0 Å². The zero-order valence-corrected chi connectivity index (χ0v) is 20.1. The van der Waals surface area contributed by atoms with Crippen molar-refractivity contribution in [2.75, 3.05) is 17.2 Å². The maximum atomic E-state index is 13.1. The Hall–Kier alpha value is -4.09. The van der Waals surface area contributed by atoms with Gasteiger partial charge in [-0.2, -0.15) is 0 Å². The first-order chi connectivity index (χ1) is 17.4. The largest absolute Gasteiger partial charge is 0.384 e. The van der Waals surface area contributed by atoms with Gasteiger partial charge >= 0.3 is 0 Å². The molecule has 0 aliphatic carbocycles. The minimum atomic E-state index is -0.981. The summed E-state index contributed by atoms with van der Waals surface area (Å²) in [6.45, 7) is 0.615. The van der Waals surface area contributed by atoms with Gasteiger partial charge < -0.3 is 10.6 Å². The van der Waals surface area contributed by atoms with Crippen molar-refractivity contribution in [2.45, 2.75) is 57.4 Å². The molecule has 1 atom stereocenters. The Morgan fingerprint density at radius 1 is 1.08 bits per heavy atom. The minimum Gasteiger partial charge on any atom is -0.384 e. The number of anilines is 2. The third-order valence-electron chi connectivity index (χ3n) is 6.35. The fraction of sp³-hybridized carbons (Fsp3) is 0.458. The molecule has 3 N–H and O–H groups in total. The van der Waals surface area contributed by atoms with E-state index in [1.54, 1.807) is 25.2 Å². The van der Waals surface area contributed by atoms with Crippen molar-refractivity contribution in [3.63, 3.8) is 0 Å². The summed E-state index contributed by atoms with van der Waals surface area (Å²) in [4.78, 5) is 62.6. The van der Waals surface area contributed by atoms with E-state index in [0.29, 0.717) is 24.5 Å². The monoisotopic (exact) mass is 495 g/mol. The van der Waals surface area contributed by atoms with Crippen LogP contribution >= 0.6 is 0 Å². The highest BCUT2D eigenvalue weighted by atomic mass is 16.2. The Bertz CT molecular complexity index is 1190. The van der Waals surface area contributed by atoms with Gasteiger partial charge in [0.05, 0.1) is 17.3 Å². The molecule has 5 amide bonds. The van der Waals surface area contributed by atoms with E-state index in [1.807, 2.05) is 0 Å². The molecule has 1 saturated heterocycles. The van der Waals surface area contributed by atoms with Gasteiger partial charge in [-0.15, -0.1) is 5.10 Å². The lowest BCUT2D eigenvalue weighted by Gasteiger charge is -2.27. The average Bonchev–Trinajstić information content (AvgIpc) is 3.36. The fourth-order valence-corrected chi connectivity index (χ4v) is 4.43. The van der Waals surface area contributed by atoms with Crippen molar-refractivity contribution in [1.29, 1.82) is 0 Å². The van der Waals surface area contributed by atoms with E-state index in [9.17, 15) is 24.0 Å². The molecule has 1 unspecified atom stereocenters. The predicted molar refractivity (Wildman–Crippen MR) is 129 cm³/mol. The zero-order chi connectivity index (χ0) is 25.7. The Labute approximate surface area is 207 Å².